The lowest BCUT2D eigenvalue weighted by atomic mass is 10.0. The van der Waals surface area contributed by atoms with Crippen LogP contribution < -0.4 is 5.32 Å². The molecule has 3 atom stereocenters. The number of carbonyl (C=O) groups excluding carboxylic acids is 1. The number of nitrogens with zero attached hydrogens (tertiary/aromatic N) is 2. The van der Waals surface area contributed by atoms with Gasteiger partial charge in [0.2, 0.25) is 5.91 Å². The quantitative estimate of drug-likeness (QED) is 0.791. The third-order valence-corrected chi connectivity index (χ3v) is 5.26. The van der Waals surface area contributed by atoms with Crippen molar-refractivity contribution in [3.63, 3.8) is 0 Å². The highest BCUT2D eigenvalue weighted by molar-refractivity contribution is 5.83. The number of hydrogen-bond donors (Lipinski definition) is 2. The Balaban J connectivity index is 1.75. The minimum Gasteiger partial charge on any atom is -0.392 e. The van der Waals surface area contributed by atoms with Crippen LogP contribution in [-0.2, 0) is 4.79 Å². The first-order valence-corrected chi connectivity index (χ1v) is 9.60. The summed E-state index contributed by atoms with van der Waals surface area (Å²) in [6.07, 6.45) is 2.92. The Bertz CT molecular complexity index is 559. The highest BCUT2D eigenvalue weighted by Crippen LogP contribution is 2.27. The molecule has 0 unspecified atom stereocenters. The highest BCUT2D eigenvalue weighted by atomic mass is 16.3. The van der Waals surface area contributed by atoms with Gasteiger partial charge in [0.15, 0.2) is 0 Å². The van der Waals surface area contributed by atoms with E-state index in [0.29, 0.717) is 18.6 Å². The topological polar surface area (TPSA) is 55.8 Å². The molecule has 0 radical (unpaired) electrons. The summed E-state index contributed by atoms with van der Waals surface area (Å²) in [6, 6.07) is 10.7. The van der Waals surface area contributed by atoms with E-state index in [0.717, 1.165) is 44.5 Å². The lowest BCUT2D eigenvalue weighted by molar-refractivity contribution is -0.128. The standard InChI is InChI=1S/C20H31N3O2/c1-3-18-14-23(12-11-22(18)13-15(2)24)19(16-7-5-4-6-8-16)20(25)21-17-9-10-17/h4-8,15,17-19,24H,3,9-14H2,1-2H3,(H,21,25)/t15-,18+,19-/m0/s1. The second-order valence-electron chi connectivity index (χ2n) is 7.50. The van der Waals surface area contributed by atoms with Crippen molar-refractivity contribution in [3.8, 4) is 0 Å². The van der Waals surface area contributed by atoms with E-state index in [-0.39, 0.29) is 18.1 Å². The van der Waals surface area contributed by atoms with E-state index >= 15 is 0 Å². The molecule has 138 valence electrons. The predicted octanol–water partition coefficient (Wildman–Crippen LogP) is 1.78. The number of aliphatic hydroxyl groups is 1. The van der Waals surface area contributed by atoms with Gasteiger partial charge in [-0.25, -0.2) is 0 Å². The number of rotatable bonds is 7. The normalized spacial score (nSPS) is 24.7. The van der Waals surface area contributed by atoms with Crippen LogP contribution in [0, 0.1) is 0 Å². The summed E-state index contributed by atoms with van der Waals surface area (Å²) < 4.78 is 0. The average Bonchev–Trinajstić information content (AvgIpc) is 3.40. The number of aliphatic hydroxyl groups excluding tert-OH is 1. The molecule has 0 spiro atoms. The van der Waals surface area contributed by atoms with Crippen LogP contribution in [0.4, 0.5) is 0 Å². The van der Waals surface area contributed by atoms with Crippen LogP contribution in [0.1, 0.15) is 44.7 Å². The maximum absolute atomic E-state index is 12.9. The van der Waals surface area contributed by atoms with Crippen LogP contribution in [0.25, 0.3) is 0 Å². The maximum atomic E-state index is 12.9. The summed E-state index contributed by atoms with van der Waals surface area (Å²) >= 11 is 0. The molecule has 25 heavy (non-hydrogen) atoms. The molecular formula is C20H31N3O2. The third-order valence-electron chi connectivity index (χ3n) is 5.26. The zero-order valence-corrected chi connectivity index (χ0v) is 15.4. The van der Waals surface area contributed by atoms with E-state index in [1.165, 1.54) is 0 Å². The first-order valence-electron chi connectivity index (χ1n) is 9.60. The van der Waals surface area contributed by atoms with Crippen LogP contribution in [0.3, 0.4) is 0 Å². The molecule has 1 amide bonds. The van der Waals surface area contributed by atoms with Crippen molar-refractivity contribution in [1.82, 2.24) is 15.1 Å². The van der Waals surface area contributed by atoms with Gasteiger partial charge >= 0.3 is 0 Å². The van der Waals surface area contributed by atoms with Crippen molar-refractivity contribution in [2.45, 2.75) is 57.3 Å². The monoisotopic (exact) mass is 345 g/mol. The van der Waals surface area contributed by atoms with E-state index in [2.05, 4.69) is 34.2 Å². The largest absolute Gasteiger partial charge is 0.392 e. The van der Waals surface area contributed by atoms with Crippen LogP contribution in [0.5, 0.6) is 0 Å². The average molecular weight is 345 g/mol. The van der Waals surface area contributed by atoms with E-state index in [4.69, 9.17) is 0 Å². The Morgan fingerprint density at radius 2 is 2.00 bits per heavy atom. The molecule has 1 heterocycles. The summed E-state index contributed by atoms with van der Waals surface area (Å²) in [5.41, 5.74) is 1.07. The lowest BCUT2D eigenvalue weighted by Crippen LogP contribution is -2.57. The Morgan fingerprint density at radius 3 is 2.60 bits per heavy atom. The Hall–Kier alpha value is -1.43. The van der Waals surface area contributed by atoms with Crippen molar-refractivity contribution in [1.29, 1.82) is 0 Å². The summed E-state index contributed by atoms with van der Waals surface area (Å²) in [5, 5.41) is 12.9. The first kappa shape index (κ1) is 18.4. The second-order valence-corrected chi connectivity index (χ2v) is 7.50. The van der Waals surface area contributed by atoms with E-state index < -0.39 is 0 Å². The van der Waals surface area contributed by atoms with Crippen LogP contribution >= 0.6 is 0 Å². The molecule has 1 saturated heterocycles. The molecule has 2 fully saturated rings. The minimum absolute atomic E-state index is 0.132. The van der Waals surface area contributed by atoms with Crippen molar-refractivity contribution in [3.05, 3.63) is 35.9 Å². The summed E-state index contributed by atoms with van der Waals surface area (Å²) in [7, 11) is 0. The zero-order chi connectivity index (χ0) is 17.8. The molecule has 2 N–H and O–H groups in total. The highest BCUT2D eigenvalue weighted by Gasteiger charge is 2.36. The molecule has 1 aromatic carbocycles. The van der Waals surface area contributed by atoms with Crippen molar-refractivity contribution in [2.24, 2.45) is 0 Å². The van der Waals surface area contributed by atoms with Gasteiger partial charge < -0.3 is 10.4 Å². The van der Waals surface area contributed by atoms with Crippen LogP contribution in [0.15, 0.2) is 30.3 Å². The molecule has 0 aromatic heterocycles. The van der Waals surface area contributed by atoms with E-state index in [1.54, 1.807) is 0 Å². The number of benzene rings is 1. The molecule has 1 aliphatic heterocycles. The van der Waals surface area contributed by atoms with Gasteiger partial charge in [0.05, 0.1) is 6.10 Å². The fraction of sp³-hybridized carbons (Fsp3) is 0.650. The Kier molecular flexibility index (Phi) is 6.10. The van der Waals surface area contributed by atoms with Gasteiger partial charge in [-0.3, -0.25) is 14.6 Å². The number of hydrogen-bond acceptors (Lipinski definition) is 4. The van der Waals surface area contributed by atoms with Crippen molar-refractivity contribution in [2.75, 3.05) is 26.2 Å². The van der Waals surface area contributed by atoms with Gasteiger partial charge in [-0.15, -0.1) is 0 Å². The zero-order valence-electron chi connectivity index (χ0n) is 15.4. The molecule has 5 heteroatoms. The number of amides is 1. The molecular weight excluding hydrogens is 314 g/mol. The molecule has 1 aromatic rings. The van der Waals surface area contributed by atoms with Gasteiger partial charge in [0.25, 0.3) is 0 Å². The van der Waals surface area contributed by atoms with Gasteiger partial charge in [-0.1, -0.05) is 37.3 Å². The summed E-state index contributed by atoms with van der Waals surface area (Å²) in [4.78, 5) is 17.6. The molecule has 3 rings (SSSR count). The number of piperazine rings is 1. The number of carbonyl (C=O) groups is 1. The van der Waals surface area contributed by atoms with Crippen LogP contribution in [-0.4, -0.2) is 65.2 Å². The fourth-order valence-corrected chi connectivity index (χ4v) is 3.79. The summed E-state index contributed by atoms with van der Waals surface area (Å²) in [6.45, 7) is 7.34. The third kappa shape index (κ3) is 4.81. The smallest absolute Gasteiger partial charge is 0.242 e. The number of β-amino-alcohol motifs (C(OH)–C–C–N with tert-alkyl or cyclic N) is 1. The molecule has 2 aliphatic rings. The van der Waals surface area contributed by atoms with Gasteiger partial charge in [-0.05, 0) is 31.7 Å². The lowest BCUT2D eigenvalue weighted by Gasteiger charge is -2.44. The van der Waals surface area contributed by atoms with Gasteiger partial charge in [-0.2, -0.15) is 0 Å². The van der Waals surface area contributed by atoms with Gasteiger partial charge in [0, 0.05) is 38.3 Å². The minimum atomic E-state index is -0.316. The molecule has 5 nitrogen and oxygen atoms in total. The van der Waals surface area contributed by atoms with Gasteiger partial charge in [0.1, 0.15) is 6.04 Å². The van der Waals surface area contributed by atoms with E-state index in [1.807, 2.05) is 25.1 Å². The second kappa shape index (κ2) is 8.30. The van der Waals surface area contributed by atoms with Crippen molar-refractivity contribution < 1.29 is 9.90 Å². The Labute approximate surface area is 151 Å². The summed E-state index contributed by atoms with van der Waals surface area (Å²) in [5.74, 6) is 0.132. The molecule has 0 bridgehead atoms. The van der Waals surface area contributed by atoms with Crippen LogP contribution in [0.2, 0.25) is 0 Å². The first-order chi connectivity index (χ1) is 12.1. The fourth-order valence-electron chi connectivity index (χ4n) is 3.79. The van der Waals surface area contributed by atoms with Crippen molar-refractivity contribution >= 4 is 5.91 Å². The molecule has 1 saturated carbocycles. The molecule has 1 aliphatic carbocycles. The van der Waals surface area contributed by atoms with E-state index in [9.17, 15) is 9.90 Å². The Morgan fingerprint density at radius 1 is 1.28 bits per heavy atom. The predicted molar refractivity (Wildman–Crippen MR) is 99.3 cm³/mol. The SMILES string of the molecule is CC[C@@H]1CN([C@H](C(=O)NC2CC2)c2ccccc2)CCN1C[C@H](C)O. The maximum Gasteiger partial charge on any atom is 0.242 e. The number of nitrogens with one attached hydrogen (secondary N) is 1.